The van der Waals surface area contributed by atoms with Crippen molar-refractivity contribution in [1.82, 2.24) is 25.5 Å². The lowest BCUT2D eigenvalue weighted by molar-refractivity contribution is -0.120. The smallest absolute Gasteiger partial charge is 0.272 e. The molecule has 1 fully saturated rings. The van der Waals surface area contributed by atoms with Crippen molar-refractivity contribution >= 4 is 39.3 Å². The molecular formula is C27H31N7O2. The number of rotatable bonds is 7. The van der Waals surface area contributed by atoms with Gasteiger partial charge in [-0.1, -0.05) is 30.3 Å². The number of aromatic amines is 1. The molecule has 0 aliphatic heterocycles. The zero-order valence-corrected chi connectivity index (χ0v) is 20.6. The highest BCUT2D eigenvalue weighted by Gasteiger charge is 2.23. The zero-order chi connectivity index (χ0) is 25.1. The Labute approximate surface area is 209 Å². The third-order valence-corrected chi connectivity index (χ3v) is 6.88. The van der Waals surface area contributed by atoms with Gasteiger partial charge in [0.25, 0.3) is 5.56 Å². The van der Waals surface area contributed by atoms with Crippen LogP contribution in [-0.2, 0) is 11.2 Å². The van der Waals surface area contributed by atoms with Crippen LogP contribution in [0.2, 0.25) is 0 Å². The summed E-state index contributed by atoms with van der Waals surface area (Å²) >= 11 is 0. The number of anilines is 2. The van der Waals surface area contributed by atoms with Crippen LogP contribution < -0.4 is 21.1 Å². The topological polar surface area (TPSA) is 116 Å². The van der Waals surface area contributed by atoms with Gasteiger partial charge in [0.2, 0.25) is 11.9 Å². The Hall–Kier alpha value is -4.01. The zero-order valence-electron chi connectivity index (χ0n) is 20.6. The van der Waals surface area contributed by atoms with E-state index in [9.17, 15) is 9.59 Å². The van der Waals surface area contributed by atoms with E-state index in [4.69, 9.17) is 9.97 Å². The van der Waals surface area contributed by atoms with Gasteiger partial charge in [-0.3, -0.25) is 9.59 Å². The maximum absolute atomic E-state index is 12.6. The summed E-state index contributed by atoms with van der Waals surface area (Å²) in [5, 5.41) is 15.5. The molecule has 2 aromatic heterocycles. The van der Waals surface area contributed by atoms with E-state index in [0.717, 1.165) is 47.8 Å². The molecule has 0 bridgehead atoms. The minimum atomic E-state index is -0.243. The lowest BCUT2D eigenvalue weighted by Crippen LogP contribution is -2.35. The first-order valence-electron chi connectivity index (χ1n) is 12.4. The Morgan fingerprint density at radius 2 is 1.67 bits per heavy atom. The average Bonchev–Trinajstić information content (AvgIpc) is 2.89. The van der Waals surface area contributed by atoms with Crippen LogP contribution in [0.5, 0.6) is 0 Å². The fourth-order valence-corrected chi connectivity index (χ4v) is 4.94. The second-order valence-electron chi connectivity index (χ2n) is 9.67. The summed E-state index contributed by atoms with van der Waals surface area (Å²) in [7, 11) is 3.99. The first-order chi connectivity index (χ1) is 17.5. The van der Waals surface area contributed by atoms with Crippen molar-refractivity contribution in [2.75, 3.05) is 30.9 Å². The highest BCUT2D eigenvalue weighted by molar-refractivity contribution is 5.90. The number of nitrogens with one attached hydrogen (secondary N) is 3. The van der Waals surface area contributed by atoms with E-state index in [0.29, 0.717) is 35.5 Å². The van der Waals surface area contributed by atoms with E-state index in [1.165, 1.54) is 0 Å². The fourth-order valence-electron chi connectivity index (χ4n) is 4.94. The number of hydrogen-bond donors (Lipinski definition) is 3. The molecule has 0 radical (unpaired) electrons. The Kier molecular flexibility index (Phi) is 6.79. The van der Waals surface area contributed by atoms with Crippen LogP contribution in [-0.4, -0.2) is 52.8 Å². The van der Waals surface area contributed by atoms with E-state index in [1.54, 1.807) is 12.1 Å². The summed E-state index contributed by atoms with van der Waals surface area (Å²) in [6.07, 6.45) is 4.18. The summed E-state index contributed by atoms with van der Waals surface area (Å²) < 4.78 is 0. The molecule has 4 aromatic rings. The molecule has 9 heteroatoms. The molecule has 2 aromatic carbocycles. The van der Waals surface area contributed by atoms with Crippen molar-refractivity contribution < 1.29 is 4.79 Å². The standard InChI is InChI=1S/C27H31N7O2/c1-34(2)25-21-9-5-6-10-22(21)30-27(31-25)29-18-13-11-17(12-14-18)16-28-24(35)15-23-19-7-3-4-8-20(19)26(36)33-32-23/h3-10,17-18H,11-16H2,1-2H3,(H,28,35)(H,33,36)(H,29,30,31)/t17-,18+. The Morgan fingerprint density at radius 1 is 0.972 bits per heavy atom. The van der Waals surface area contributed by atoms with Gasteiger partial charge >= 0.3 is 0 Å². The number of amides is 1. The summed E-state index contributed by atoms with van der Waals surface area (Å²) in [5.41, 5.74) is 1.27. The molecule has 2 heterocycles. The minimum Gasteiger partial charge on any atom is -0.362 e. The highest BCUT2D eigenvalue weighted by atomic mass is 16.1. The summed E-state index contributed by atoms with van der Waals surface area (Å²) in [5.74, 6) is 1.92. The predicted octanol–water partition coefficient (Wildman–Crippen LogP) is 3.26. The molecule has 1 aliphatic rings. The molecule has 1 aliphatic carbocycles. The minimum absolute atomic E-state index is 0.0827. The third kappa shape index (κ3) is 5.15. The molecule has 0 atom stereocenters. The molecule has 1 amide bonds. The Morgan fingerprint density at radius 3 is 2.42 bits per heavy atom. The maximum atomic E-state index is 12.6. The number of benzene rings is 2. The van der Waals surface area contributed by atoms with Gasteiger partial charge in [0.1, 0.15) is 5.82 Å². The SMILES string of the molecule is CN(C)c1nc(N[C@H]2CC[C@@H](CNC(=O)Cc3n[nH]c(=O)c4ccccc34)CC2)nc2ccccc12. The monoisotopic (exact) mass is 485 g/mol. The average molecular weight is 486 g/mol. The van der Waals surface area contributed by atoms with Crippen LogP contribution in [0.1, 0.15) is 31.4 Å². The molecule has 5 rings (SSSR count). The normalized spacial score (nSPS) is 17.7. The summed E-state index contributed by atoms with van der Waals surface area (Å²) in [4.78, 5) is 36.1. The molecule has 0 saturated heterocycles. The van der Waals surface area contributed by atoms with Crippen molar-refractivity contribution in [3.05, 3.63) is 64.6 Å². The van der Waals surface area contributed by atoms with Gasteiger partial charge < -0.3 is 15.5 Å². The van der Waals surface area contributed by atoms with Crippen molar-refractivity contribution in [1.29, 1.82) is 0 Å². The van der Waals surface area contributed by atoms with Gasteiger partial charge in [-0.2, -0.15) is 10.1 Å². The fraction of sp³-hybridized carbons (Fsp3) is 0.370. The summed E-state index contributed by atoms with van der Waals surface area (Å²) in [6, 6.07) is 15.6. The van der Waals surface area contributed by atoms with Gasteiger partial charge in [0, 0.05) is 37.5 Å². The van der Waals surface area contributed by atoms with Crippen LogP contribution in [0, 0.1) is 5.92 Å². The third-order valence-electron chi connectivity index (χ3n) is 6.88. The number of carbonyl (C=O) groups is 1. The van der Waals surface area contributed by atoms with Crippen molar-refractivity contribution in [3.63, 3.8) is 0 Å². The molecular weight excluding hydrogens is 454 g/mol. The quantitative estimate of drug-likeness (QED) is 0.368. The lowest BCUT2D eigenvalue weighted by Gasteiger charge is -2.29. The van der Waals surface area contributed by atoms with Crippen LogP contribution in [0.25, 0.3) is 21.7 Å². The van der Waals surface area contributed by atoms with Gasteiger partial charge in [0.15, 0.2) is 0 Å². The largest absolute Gasteiger partial charge is 0.362 e. The van der Waals surface area contributed by atoms with E-state index < -0.39 is 0 Å². The van der Waals surface area contributed by atoms with Crippen LogP contribution in [0.4, 0.5) is 11.8 Å². The summed E-state index contributed by atoms with van der Waals surface area (Å²) in [6.45, 7) is 0.643. The van der Waals surface area contributed by atoms with E-state index in [1.807, 2.05) is 55.4 Å². The molecule has 0 spiro atoms. The van der Waals surface area contributed by atoms with Gasteiger partial charge in [-0.15, -0.1) is 0 Å². The molecule has 9 nitrogen and oxygen atoms in total. The maximum Gasteiger partial charge on any atom is 0.272 e. The van der Waals surface area contributed by atoms with Crippen molar-refractivity contribution in [2.24, 2.45) is 5.92 Å². The van der Waals surface area contributed by atoms with Crippen LogP contribution in [0.15, 0.2) is 53.3 Å². The van der Waals surface area contributed by atoms with Gasteiger partial charge in [-0.05, 0) is 49.8 Å². The molecule has 36 heavy (non-hydrogen) atoms. The first kappa shape index (κ1) is 23.7. The predicted molar refractivity (Wildman–Crippen MR) is 142 cm³/mol. The van der Waals surface area contributed by atoms with Gasteiger partial charge in [0.05, 0.1) is 23.0 Å². The van der Waals surface area contributed by atoms with E-state index >= 15 is 0 Å². The second kappa shape index (κ2) is 10.3. The van der Waals surface area contributed by atoms with Gasteiger partial charge in [-0.25, -0.2) is 10.1 Å². The molecule has 1 saturated carbocycles. The first-order valence-corrected chi connectivity index (χ1v) is 12.4. The van der Waals surface area contributed by atoms with Crippen LogP contribution >= 0.6 is 0 Å². The van der Waals surface area contributed by atoms with E-state index in [2.05, 4.69) is 20.8 Å². The lowest BCUT2D eigenvalue weighted by atomic mass is 9.86. The second-order valence-corrected chi connectivity index (χ2v) is 9.67. The Bertz CT molecular complexity index is 1440. The van der Waals surface area contributed by atoms with Crippen molar-refractivity contribution in [3.8, 4) is 0 Å². The number of aromatic nitrogens is 4. The number of hydrogen-bond acceptors (Lipinski definition) is 7. The number of nitrogens with zero attached hydrogens (tertiary/aromatic N) is 4. The number of carbonyl (C=O) groups excluding carboxylic acids is 1. The number of H-pyrrole nitrogens is 1. The molecule has 0 unspecified atom stereocenters. The molecule has 186 valence electrons. The number of fused-ring (bicyclic) bond motifs is 2. The van der Waals surface area contributed by atoms with Crippen LogP contribution in [0.3, 0.4) is 0 Å². The number of para-hydroxylation sites is 1. The van der Waals surface area contributed by atoms with E-state index in [-0.39, 0.29) is 17.9 Å². The highest BCUT2D eigenvalue weighted by Crippen LogP contribution is 2.28. The molecule has 3 N–H and O–H groups in total. The van der Waals surface area contributed by atoms with Crippen molar-refractivity contribution in [2.45, 2.75) is 38.1 Å². The Balaban J connectivity index is 1.14.